The lowest BCUT2D eigenvalue weighted by Crippen LogP contribution is -2.45. The van der Waals surface area contributed by atoms with E-state index in [1.54, 1.807) is 16.1 Å². The van der Waals surface area contributed by atoms with Crippen LogP contribution in [0.15, 0.2) is 77.4 Å². The Morgan fingerprint density at radius 2 is 1.67 bits per heavy atom. The van der Waals surface area contributed by atoms with Crippen LogP contribution in [0.1, 0.15) is 37.2 Å². The first-order chi connectivity index (χ1) is 16.1. The minimum Gasteiger partial charge on any atom is -0.467 e. The zero-order chi connectivity index (χ0) is 23.5. The minimum absolute atomic E-state index is 0.0165. The molecule has 0 fully saturated rings. The smallest absolute Gasteiger partial charge is 0.322 e. The Kier molecular flexibility index (Phi) is 9.12. The number of carbonyl (C=O) groups excluding carboxylic acids is 2. The Morgan fingerprint density at radius 1 is 0.879 bits per heavy atom. The number of hydrogen-bond acceptors (Lipinski definition) is 3. The number of urea groups is 1. The first-order valence-electron chi connectivity index (χ1n) is 11.6. The predicted octanol–water partition coefficient (Wildman–Crippen LogP) is 5.36. The van der Waals surface area contributed by atoms with Crippen molar-refractivity contribution in [3.05, 3.63) is 89.9 Å². The summed E-state index contributed by atoms with van der Waals surface area (Å²) >= 11 is 0. The number of aryl methyl sites for hydroxylation is 1. The van der Waals surface area contributed by atoms with Crippen LogP contribution >= 0.6 is 0 Å². The van der Waals surface area contributed by atoms with Crippen LogP contribution in [-0.4, -0.2) is 41.4 Å². The molecule has 0 saturated carbocycles. The molecular formula is C27H33N3O3. The van der Waals surface area contributed by atoms with Crippen molar-refractivity contribution >= 4 is 17.6 Å². The molecule has 0 unspecified atom stereocenters. The highest BCUT2D eigenvalue weighted by atomic mass is 16.3. The van der Waals surface area contributed by atoms with Gasteiger partial charge in [0, 0.05) is 18.8 Å². The van der Waals surface area contributed by atoms with Crippen LogP contribution in [0.3, 0.4) is 0 Å². The van der Waals surface area contributed by atoms with Crippen molar-refractivity contribution in [1.82, 2.24) is 9.80 Å². The third-order valence-electron chi connectivity index (χ3n) is 5.49. The maximum absolute atomic E-state index is 13.3. The van der Waals surface area contributed by atoms with Gasteiger partial charge in [-0.15, -0.1) is 0 Å². The second kappa shape index (κ2) is 12.5. The predicted molar refractivity (Wildman–Crippen MR) is 131 cm³/mol. The summed E-state index contributed by atoms with van der Waals surface area (Å²) in [5.74, 6) is 0.618. The van der Waals surface area contributed by atoms with Crippen molar-refractivity contribution in [3.8, 4) is 0 Å². The van der Waals surface area contributed by atoms with E-state index in [-0.39, 0.29) is 18.5 Å². The van der Waals surface area contributed by atoms with E-state index in [0.717, 1.165) is 41.8 Å². The zero-order valence-corrected chi connectivity index (χ0v) is 19.5. The van der Waals surface area contributed by atoms with Gasteiger partial charge >= 0.3 is 6.03 Å². The number of carbonyl (C=O) groups is 2. The third kappa shape index (κ3) is 7.52. The molecule has 0 bridgehead atoms. The number of nitrogens with one attached hydrogen (secondary N) is 1. The maximum atomic E-state index is 13.3. The highest BCUT2D eigenvalue weighted by Gasteiger charge is 2.22. The highest BCUT2D eigenvalue weighted by molar-refractivity contribution is 5.92. The van der Waals surface area contributed by atoms with Crippen molar-refractivity contribution in [2.24, 2.45) is 0 Å². The number of hydrogen-bond donors (Lipinski definition) is 1. The fraction of sp³-hybridized carbons (Fsp3) is 0.333. The number of furan rings is 1. The molecule has 174 valence electrons. The van der Waals surface area contributed by atoms with Crippen LogP contribution < -0.4 is 5.32 Å². The Hall–Kier alpha value is -3.54. The average Bonchev–Trinajstić information content (AvgIpc) is 3.35. The molecule has 1 aromatic heterocycles. The van der Waals surface area contributed by atoms with Gasteiger partial charge in [-0.2, -0.15) is 0 Å². The number of nitrogens with zero attached hydrogens (tertiary/aromatic N) is 2. The van der Waals surface area contributed by atoms with E-state index in [4.69, 9.17) is 4.42 Å². The number of anilines is 1. The maximum Gasteiger partial charge on any atom is 0.322 e. The lowest BCUT2D eigenvalue weighted by atomic mass is 10.1. The van der Waals surface area contributed by atoms with Gasteiger partial charge in [0.15, 0.2) is 0 Å². The minimum atomic E-state index is -0.264. The van der Waals surface area contributed by atoms with Crippen molar-refractivity contribution in [3.63, 3.8) is 0 Å². The number of benzene rings is 2. The fourth-order valence-electron chi connectivity index (χ4n) is 3.65. The van der Waals surface area contributed by atoms with E-state index in [0.29, 0.717) is 19.6 Å². The molecular weight excluding hydrogens is 414 g/mol. The van der Waals surface area contributed by atoms with E-state index in [1.165, 1.54) is 0 Å². The molecule has 6 nitrogen and oxygen atoms in total. The van der Waals surface area contributed by atoms with E-state index < -0.39 is 0 Å². The first kappa shape index (κ1) is 24.1. The van der Waals surface area contributed by atoms with Gasteiger partial charge in [-0.05, 0) is 54.7 Å². The van der Waals surface area contributed by atoms with Gasteiger partial charge in [0.05, 0.1) is 12.8 Å². The topological polar surface area (TPSA) is 65.8 Å². The molecule has 2 aromatic carbocycles. The van der Waals surface area contributed by atoms with Crippen molar-refractivity contribution < 1.29 is 14.0 Å². The zero-order valence-electron chi connectivity index (χ0n) is 19.5. The van der Waals surface area contributed by atoms with Gasteiger partial charge < -0.3 is 19.5 Å². The average molecular weight is 448 g/mol. The van der Waals surface area contributed by atoms with Crippen molar-refractivity contribution in [2.75, 3.05) is 25.0 Å². The van der Waals surface area contributed by atoms with Gasteiger partial charge in [-0.3, -0.25) is 4.79 Å². The summed E-state index contributed by atoms with van der Waals surface area (Å²) in [6, 6.07) is 21.3. The number of rotatable bonds is 11. The van der Waals surface area contributed by atoms with Gasteiger partial charge in [-0.1, -0.05) is 56.3 Å². The number of amides is 3. The Labute approximate surface area is 196 Å². The lowest BCUT2D eigenvalue weighted by Gasteiger charge is -2.27. The molecule has 3 aromatic rings. The third-order valence-corrected chi connectivity index (χ3v) is 5.49. The quantitative estimate of drug-likeness (QED) is 0.430. The largest absolute Gasteiger partial charge is 0.467 e. The monoisotopic (exact) mass is 447 g/mol. The molecule has 0 spiro atoms. The summed E-state index contributed by atoms with van der Waals surface area (Å²) in [6.07, 6.45) is 4.00. The summed E-state index contributed by atoms with van der Waals surface area (Å²) in [5, 5.41) is 2.95. The molecule has 3 rings (SSSR count). The van der Waals surface area contributed by atoms with E-state index in [1.807, 2.05) is 61.5 Å². The SMILES string of the molecule is CCCN(CC(=O)N(CCc1ccccc1)Cc1ccco1)C(=O)Nc1cccc(CC)c1. The second-order valence-corrected chi connectivity index (χ2v) is 8.04. The summed E-state index contributed by atoms with van der Waals surface area (Å²) < 4.78 is 5.48. The Bertz CT molecular complexity index is 1000. The van der Waals surface area contributed by atoms with E-state index in [2.05, 4.69) is 24.4 Å². The molecule has 0 saturated heterocycles. The molecule has 1 heterocycles. The molecule has 0 aliphatic rings. The molecule has 0 aliphatic heterocycles. The summed E-state index contributed by atoms with van der Waals surface area (Å²) in [6.45, 7) is 5.51. The van der Waals surface area contributed by atoms with Crippen molar-refractivity contribution in [2.45, 2.75) is 39.7 Å². The first-order valence-corrected chi connectivity index (χ1v) is 11.6. The Morgan fingerprint density at radius 3 is 2.36 bits per heavy atom. The van der Waals surface area contributed by atoms with Gasteiger partial charge in [-0.25, -0.2) is 4.79 Å². The summed E-state index contributed by atoms with van der Waals surface area (Å²) in [5.41, 5.74) is 3.05. The Balaban J connectivity index is 1.68. The fourth-order valence-corrected chi connectivity index (χ4v) is 3.65. The lowest BCUT2D eigenvalue weighted by molar-refractivity contribution is -0.132. The molecule has 33 heavy (non-hydrogen) atoms. The van der Waals surface area contributed by atoms with Crippen molar-refractivity contribution in [1.29, 1.82) is 0 Å². The molecule has 0 radical (unpaired) electrons. The van der Waals surface area contributed by atoms with Crippen LogP contribution in [0.4, 0.5) is 10.5 Å². The molecule has 0 atom stereocenters. The van der Waals surface area contributed by atoms with Gasteiger partial charge in [0.1, 0.15) is 12.3 Å². The van der Waals surface area contributed by atoms with Gasteiger partial charge in [0.2, 0.25) is 5.91 Å². The van der Waals surface area contributed by atoms with Crippen LogP contribution in [0.25, 0.3) is 0 Å². The summed E-state index contributed by atoms with van der Waals surface area (Å²) in [7, 11) is 0. The van der Waals surface area contributed by atoms with Crippen LogP contribution in [0.2, 0.25) is 0 Å². The van der Waals surface area contributed by atoms with E-state index in [9.17, 15) is 9.59 Å². The molecule has 0 aliphatic carbocycles. The summed E-state index contributed by atoms with van der Waals surface area (Å²) in [4.78, 5) is 29.6. The van der Waals surface area contributed by atoms with Gasteiger partial charge in [0.25, 0.3) is 0 Å². The highest BCUT2D eigenvalue weighted by Crippen LogP contribution is 2.13. The molecule has 6 heteroatoms. The van der Waals surface area contributed by atoms with Crippen LogP contribution in [-0.2, 0) is 24.2 Å². The van der Waals surface area contributed by atoms with Crippen LogP contribution in [0, 0.1) is 0 Å². The standard InChI is InChI=1S/C27H33N3O3/c1-3-16-30(27(32)28-24-13-8-12-22(4-2)19-24)21-26(31)29(20-25-14-9-18-33-25)17-15-23-10-6-5-7-11-23/h5-14,18-19H,3-4,15-17,20-21H2,1-2H3,(H,28,32). The normalized spacial score (nSPS) is 10.6. The molecule has 3 amide bonds. The second-order valence-electron chi connectivity index (χ2n) is 8.04. The van der Waals surface area contributed by atoms with Crippen LogP contribution in [0.5, 0.6) is 0 Å². The van der Waals surface area contributed by atoms with E-state index >= 15 is 0 Å². The molecule has 1 N–H and O–H groups in total.